The van der Waals surface area contributed by atoms with Crippen LogP contribution in [0.15, 0.2) is 53.8 Å². The van der Waals surface area contributed by atoms with E-state index < -0.39 is 11.7 Å². The Morgan fingerprint density at radius 3 is 2.75 bits per heavy atom. The van der Waals surface area contributed by atoms with Gasteiger partial charge in [0.2, 0.25) is 0 Å². The van der Waals surface area contributed by atoms with E-state index in [4.69, 9.17) is 4.98 Å². The lowest BCUT2D eigenvalue weighted by Gasteiger charge is -2.11. The molecule has 144 valence electrons. The number of fused-ring (bicyclic) bond motifs is 1. The Kier molecular flexibility index (Phi) is 5.38. The highest BCUT2D eigenvalue weighted by atomic mass is 32.2. The van der Waals surface area contributed by atoms with Crippen molar-refractivity contribution < 1.29 is 13.6 Å². The summed E-state index contributed by atoms with van der Waals surface area (Å²) in [4.78, 5) is 21.0. The van der Waals surface area contributed by atoms with Crippen molar-refractivity contribution in [2.45, 2.75) is 36.6 Å². The molecule has 4 rings (SSSR count). The van der Waals surface area contributed by atoms with Gasteiger partial charge in [-0.25, -0.2) is 9.97 Å². The molecule has 1 amide bonds. The second-order valence-corrected chi connectivity index (χ2v) is 7.44. The van der Waals surface area contributed by atoms with Gasteiger partial charge in [0.05, 0.1) is 11.3 Å². The molecule has 0 saturated carbocycles. The number of thioether (sulfide) groups is 1. The monoisotopic (exact) mass is 400 g/mol. The highest BCUT2D eigenvalue weighted by Crippen LogP contribution is 2.27. The van der Waals surface area contributed by atoms with Gasteiger partial charge in [0.15, 0.2) is 0 Å². The molecule has 3 aromatic rings. The van der Waals surface area contributed by atoms with Crippen LogP contribution in [0.5, 0.6) is 0 Å². The standard InChI is InChI=1S/C20H18F2N4OS/c21-20(22)28-19-15(4-3-10-23-19)18(27)24-14-8-6-13(7-9-14)16-12-26-11-2-1-5-17(26)25-16/h3-4,6-10,12,20H,1-2,5,11H2,(H,24,27). The number of halogens is 2. The zero-order valence-corrected chi connectivity index (χ0v) is 15.8. The van der Waals surface area contributed by atoms with Crippen molar-refractivity contribution in [2.24, 2.45) is 0 Å². The Balaban J connectivity index is 1.49. The van der Waals surface area contributed by atoms with Crippen LogP contribution in [0.25, 0.3) is 11.3 Å². The van der Waals surface area contributed by atoms with Crippen LogP contribution in [-0.2, 0) is 13.0 Å². The summed E-state index contributed by atoms with van der Waals surface area (Å²) >= 11 is 0.261. The van der Waals surface area contributed by atoms with Crippen LogP contribution in [-0.4, -0.2) is 26.2 Å². The first-order valence-corrected chi connectivity index (χ1v) is 9.86. The minimum Gasteiger partial charge on any atom is -0.334 e. The molecule has 1 aliphatic heterocycles. The van der Waals surface area contributed by atoms with Gasteiger partial charge in [-0.05, 0) is 48.9 Å². The quantitative estimate of drug-likeness (QED) is 0.622. The second kappa shape index (κ2) is 8.10. The fourth-order valence-electron chi connectivity index (χ4n) is 3.22. The Hall–Kier alpha value is -2.74. The number of carbonyl (C=O) groups excluding carboxylic acids is 1. The Labute approximate surface area is 165 Å². The first-order valence-electron chi connectivity index (χ1n) is 8.98. The van der Waals surface area contributed by atoms with Crippen molar-refractivity contribution in [2.75, 3.05) is 5.32 Å². The second-order valence-electron chi connectivity index (χ2n) is 6.46. The van der Waals surface area contributed by atoms with Crippen molar-refractivity contribution in [3.63, 3.8) is 0 Å². The molecule has 0 spiro atoms. The molecule has 3 heterocycles. The van der Waals surface area contributed by atoms with Gasteiger partial charge in [-0.3, -0.25) is 4.79 Å². The van der Waals surface area contributed by atoms with Gasteiger partial charge >= 0.3 is 0 Å². The molecule has 0 fully saturated rings. The molecule has 1 aliphatic rings. The van der Waals surface area contributed by atoms with Crippen molar-refractivity contribution in [3.8, 4) is 11.3 Å². The van der Waals surface area contributed by atoms with Crippen LogP contribution in [0.4, 0.5) is 14.5 Å². The summed E-state index contributed by atoms with van der Waals surface area (Å²) < 4.78 is 27.5. The van der Waals surface area contributed by atoms with E-state index in [1.807, 2.05) is 12.1 Å². The number of nitrogens with zero attached hydrogens (tertiary/aromatic N) is 3. The van der Waals surface area contributed by atoms with Crippen LogP contribution in [0.1, 0.15) is 29.0 Å². The predicted molar refractivity (Wildman–Crippen MR) is 105 cm³/mol. The van der Waals surface area contributed by atoms with E-state index in [2.05, 4.69) is 21.1 Å². The molecule has 0 radical (unpaired) electrons. The number of rotatable bonds is 5. The highest BCUT2D eigenvalue weighted by Gasteiger charge is 2.17. The lowest BCUT2D eigenvalue weighted by Crippen LogP contribution is -2.13. The molecular formula is C20H18F2N4OS. The van der Waals surface area contributed by atoms with Gasteiger partial charge in [0.1, 0.15) is 10.9 Å². The van der Waals surface area contributed by atoms with Crippen molar-refractivity contribution >= 4 is 23.4 Å². The highest BCUT2D eigenvalue weighted by molar-refractivity contribution is 7.99. The fraction of sp³-hybridized carbons (Fsp3) is 0.250. The van der Waals surface area contributed by atoms with Gasteiger partial charge in [0.25, 0.3) is 11.7 Å². The molecule has 8 heteroatoms. The molecule has 0 aliphatic carbocycles. The minimum atomic E-state index is -2.64. The number of imidazole rings is 1. The normalized spacial score (nSPS) is 13.4. The van der Waals surface area contributed by atoms with E-state index in [0.717, 1.165) is 30.0 Å². The molecule has 28 heavy (non-hydrogen) atoms. The number of aromatic nitrogens is 3. The van der Waals surface area contributed by atoms with Crippen molar-refractivity contribution in [1.29, 1.82) is 0 Å². The number of nitrogens with one attached hydrogen (secondary N) is 1. The predicted octanol–water partition coefficient (Wildman–Crippen LogP) is 4.85. The van der Waals surface area contributed by atoms with E-state index in [1.54, 1.807) is 18.2 Å². The molecular weight excluding hydrogens is 382 g/mol. The molecule has 1 aromatic carbocycles. The maximum atomic E-state index is 12.7. The number of hydrogen-bond donors (Lipinski definition) is 1. The van der Waals surface area contributed by atoms with Gasteiger partial charge in [-0.1, -0.05) is 12.1 Å². The fourth-order valence-corrected chi connectivity index (χ4v) is 3.79. The van der Waals surface area contributed by atoms with E-state index >= 15 is 0 Å². The van der Waals surface area contributed by atoms with E-state index in [0.29, 0.717) is 5.69 Å². The number of alkyl halides is 2. The number of anilines is 1. The third-order valence-electron chi connectivity index (χ3n) is 4.56. The van der Waals surface area contributed by atoms with Crippen LogP contribution in [0.2, 0.25) is 0 Å². The average Bonchev–Trinajstić information content (AvgIpc) is 3.12. The Bertz CT molecular complexity index is 965. The lowest BCUT2D eigenvalue weighted by atomic mass is 10.1. The maximum absolute atomic E-state index is 12.7. The Morgan fingerprint density at radius 2 is 2.00 bits per heavy atom. The summed E-state index contributed by atoms with van der Waals surface area (Å²) in [6.45, 7) is 1.00. The number of hydrogen-bond acceptors (Lipinski definition) is 4. The van der Waals surface area contributed by atoms with Gasteiger partial charge in [-0.2, -0.15) is 8.78 Å². The lowest BCUT2D eigenvalue weighted by molar-refractivity contribution is 0.102. The summed E-state index contributed by atoms with van der Waals surface area (Å²) in [5.74, 6) is -2.00. The molecule has 0 unspecified atom stereocenters. The Morgan fingerprint density at radius 1 is 1.18 bits per heavy atom. The van der Waals surface area contributed by atoms with Crippen LogP contribution in [0.3, 0.4) is 0 Å². The molecule has 0 bridgehead atoms. The molecule has 0 saturated heterocycles. The maximum Gasteiger partial charge on any atom is 0.290 e. The smallest absolute Gasteiger partial charge is 0.290 e. The summed E-state index contributed by atoms with van der Waals surface area (Å²) in [6.07, 6.45) is 6.79. The van der Waals surface area contributed by atoms with Crippen molar-refractivity contribution in [1.82, 2.24) is 14.5 Å². The minimum absolute atomic E-state index is 0.00945. The third-order valence-corrected chi connectivity index (χ3v) is 5.29. The zero-order valence-electron chi connectivity index (χ0n) is 14.9. The summed E-state index contributed by atoms with van der Waals surface area (Å²) in [7, 11) is 0. The summed E-state index contributed by atoms with van der Waals surface area (Å²) in [5, 5.41) is 2.75. The van der Waals surface area contributed by atoms with Crippen LogP contribution < -0.4 is 5.32 Å². The topological polar surface area (TPSA) is 59.8 Å². The first-order chi connectivity index (χ1) is 13.6. The number of benzene rings is 1. The summed E-state index contributed by atoms with van der Waals surface area (Å²) in [5.41, 5.74) is 2.58. The van der Waals surface area contributed by atoms with E-state index in [1.165, 1.54) is 25.1 Å². The number of amides is 1. The molecule has 0 atom stereocenters. The SMILES string of the molecule is O=C(Nc1ccc(-c2cn3c(n2)CCCC3)cc1)c1cccnc1SC(F)F. The van der Waals surface area contributed by atoms with Gasteiger partial charge in [0, 0.05) is 36.6 Å². The zero-order chi connectivity index (χ0) is 19.5. The average molecular weight is 400 g/mol. The van der Waals surface area contributed by atoms with Gasteiger partial charge in [-0.15, -0.1) is 0 Å². The number of aryl methyl sites for hydroxylation is 2. The van der Waals surface area contributed by atoms with E-state index in [-0.39, 0.29) is 22.4 Å². The largest absolute Gasteiger partial charge is 0.334 e. The third kappa shape index (κ3) is 4.06. The molecule has 1 N–H and O–H groups in total. The first kappa shape index (κ1) is 18.6. The van der Waals surface area contributed by atoms with Crippen LogP contribution in [0, 0.1) is 0 Å². The van der Waals surface area contributed by atoms with Gasteiger partial charge < -0.3 is 9.88 Å². The summed E-state index contributed by atoms with van der Waals surface area (Å²) in [6, 6.07) is 10.4. The molecule has 5 nitrogen and oxygen atoms in total. The number of carbonyl (C=O) groups is 1. The van der Waals surface area contributed by atoms with E-state index in [9.17, 15) is 13.6 Å². The van der Waals surface area contributed by atoms with Crippen LogP contribution >= 0.6 is 11.8 Å². The van der Waals surface area contributed by atoms with Crippen molar-refractivity contribution in [3.05, 3.63) is 60.2 Å². The molecule has 2 aromatic heterocycles. The number of pyridine rings is 1.